The average Bonchev–Trinajstić information content (AvgIpc) is 3.35. The molecule has 0 bridgehead atoms. The van der Waals surface area contributed by atoms with Gasteiger partial charge in [-0.15, -0.1) is 10.2 Å². The second-order valence-corrected chi connectivity index (χ2v) is 7.49. The van der Waals surface area contributed by atoms with Gasteiger partial charge in [-0.05, 0) is 25.0 Å². The standard InChI is InChI=1S/C21H25N5O2/c1-27-17-5-2-4-15-7-8-16(22-20(15)17)14-25-10-9-19-23-24-21(26(19)12-11-25)18-6-3-13-28-18/h2,4-5,7-8,18H,3,6,9-14H2,1H3. The van der Waals surface area contributed by atoms with Crippen LogP contribution in [-0.2, 0) is 24.2 Å². The van der Waals surface area contributed by atoms with Crippen molar-refractivity contribution in [3.05, 3.63) is 47.7 Å². The molecule has 3 aromatic rings. The fourth-order valence-corrected chi connectivity index (χ4v) is 4.21. The monoisotopic (exact) mass is 379 g/mol. The lowest BCUT2D eigenvalue weighted by Crippen LogP contribution is -2.27. The van der Waals surface area contributed by atoms with Gasteiger partial charge in [0, 0.05) is 44.6 Å². The van der Waals surface area contributed by atoms with Crippen molar-refractivity contribution < 1.29 is 9.47 Å². The molecule has 2 aliphatic heterocycles. The highest BCUT2D eigenvalue weighted by atomic mass is 16.5. The van der Waals surface area contributed by atoms with Gasteiger partial charge in [0.2, 0.25) is 0 Å². The third kappa shape index (κ3) is 3.25. The second-order valence-electron chi connectivity index (χ2n) is 7.49. The number of fused-ring (bicyclic) bond motifs is 2. The van der Waals surface area contributed by atoms with Gasteiger partial charge in [-0.25, -0.2) is 4.98 Å². The Balaban J connectivity index is 1.32. The molecule has 0 radical (unpaired) electrons. The quantitative estimate of drug-likeness (QED) is 0.695. The Bertz CT molecular complexity index is 980. The van der Waals surface area contributed by atoms with Gasteiger partial charge in [-0.3, -0.25) is 4.90 Å². The smallest absolute Gasteiger partial charge is 0.162 e. The maximum Gasteiger partial charge on any atom is 0.162 e. The highest BCUT2D eigenvalue weighted by molar-refractivity contribution is 5.84. The number of hydrogen-bond acceptors (Lipinski definition) is 6. The molecule has 28 heavy (non-hydrogen) atoms. The molecule has 0 saturated carbocycles. The maximum atomic E-state index is 5.83. The minimum absolute atomic E-state index is 0.113. The summed E-state index contributed by atoms with van der Waals surface area (Å²) in [5, 5.41) is 9.97. The summed E-state index contributed by atoms with van der Waals surface area (Å²) >= 11 is 0. The molecule has 0 N–H and O–H groups in total. The van der Waals surface area contributed by atoms with Crippen LogP contribution in [0.5, 0.6) is 5.75 Å². The zero-order chi connectivity index (χ0) is 18.9. The van der Waals surface area contributed by atoms with Gasteiger partial charge in [0.05, 0.1) is 12.8 Å². The van der Waals surface area contributed by atoms with Gasteiger partial charge in [-0.1, -0.05) is 18.2 Å². The van der Waals surface area contributed by atoms with Gasteiger partial charge < -0.3 is 14.0 Å². The third-order valence-electron chi connectivity index (χ3n) is 5.71. The molecule has 1 aromatic carbocycles. The van der Waals surface area contributed by atoms with Crippen LogP contribution in [0.1, 0.15) is 36.3 Å². The summed E-state index contributed by atoms with van der Waals surface area (Å²) in [6.45, 7) is 4.46. The van der Waals surface area contributed by atoms with Crippen molar-refractivity contribution in [2.75, 3.05) is 26.8 Å². The number of ether oxygens (including phenoxy) is 2. The summed E-state index contributed by atoms with van der Waals surface area (Å²) in [6.07, 6.45) is 3.17. The Kier molecular flexibility index (Phi) is 4.70. The zero-order valence-corrected chi connectivity index (χ0v) is 16.2. The number of benzene rings is 1. The minimum atomic E-state index is 0.113. The van der Waals surface area contributed by atoms with Gasteiger partial charge in [0.25, 0.3) is 0 Å². The van der Waals surface area contributed by atoms with E-state index in [0.29, 0.717) is 0 Å². The highest BCUT2D eigenvalue weighted by Crippen LogP contribution is 2.28. The molecule has 146 valence electrons. The number of pyridine rings is 1. The van der Waals surface area contributed by atoms with Crippen LogP contribution in [0.4, 0.5) is 0 Å². The van der Waals surface area contributed by atoms with E-state index in [1.54, 1.807) is 7.11 Å². The summed E-state index contributed by atoms with van der Waals surface area (Å²) in [6, 6.07) is 10.3. The zero-order valence-electron chi connectivity index (χ0n) is 16.2. The second kappa shape index (κ2) is 7.48. The molecule has 7 nitrogen and oxygen atoms in total. The molecule has 0 aliphatic carbocycles. The molecule has 5 rings (SSSR count). The fraction of sp³-hybridized carbons (Fsp3) is 0.476. The Morgan fingerprint density at radius 3 is 2.96 bits per heavy atom. The highest BCUT2D eigenvalue weighted by Gasteiger charge is 2.27. The van der Waals surface area contributed by atoms with E-state index in [9.17, 15) is 0 Å². The van der Waals surface area contributed by atoms with Crippen molar-refractivity contribution in [3.8, 4) is 5.75 Å². The van der Waals surface area contributed by atoms with Crippen molar-refractivity contribution in [2.45, 2.75) is 38.5 Å². The van der Waals surface area contributed by atoms with Crippen LogP contribution in [0.3, 0.4) is 0 Å². The lowest BCUT2D eigenvalue weighted by molar-refractivity contribution is 0.101. The third-order valence-corrected chi connectivity index (χ3v) is 5.71. The van der Waals surface area contributed by atoms with Gasteiger partial charge in [0.1, 0.15) is 23.2 Å². The predicted octanol–water partition coefficient (Wildman–Crippen LogP) is 2.74. The summed E-state index contributed by atoms with van der Waals surface area (Å²) in [4.78, 5) is 7.31. The first kappa shape index (κ1) is 17.6. The van der Waals surface area contributed by atoms with Crippen molar-refractivity contribution in [2.24, 2.45) is 0 Å². The van der Waals surface area contributed by atoms with Crippen molar-refractivity contribution >= 4 is 10.9 Å². The Hall–Kier alpha value is -2.51. The lowest BCUT2D eigenvalue weighted by atomic mass is 10.2. The summed E-state index contributed by atoms with van der Waals surface area (Å²) in [5.74, 6) is 2.90. The van der Waals surface area contributed by atoms with Crippen LogP contribution in [0.2, 0.25) is 0 Å². The molecule has 1 fully saturated rings. The molecule has 0 spiro atoms. The minimum Gasteiger partial charge on any atom is -0.494 e. The predicted molar refractivity (Wildman–Crippen MR) is 105 cm³/mol. The van der Waals surface area contributed by atoms with Crippen LogP contribution < -0.4 is 4.74 Å². The van der Waals surface area contributed by atoms with Gasteiger partial charge in [0.15, 0.2) is 5.82 Å². The Morgan fingerprint density at radius 2 is 2.11 bits per heavy atom. The number of aromatic nitrogens is 4. The van der Waals surface area contributed by atoms with Crippen LogP contribution in [0.25, 0.3) is 10.9 Å². The summed E-state index contributed by atoms with van der Waals surface area (Å²) in [7, 11) is 1.69. The first-order chi connectivity index (χ1) is 13.8. The molecular formula is C21H25N5O2. The number of para-hydroxylation sites is 1. The normalized spacial score (nSPS) is 20.2. The molecule has 1 unspecified atom stereocenters. The van der Waals surface area contributed by atoms with E-state index in [4.69, 9.17) is 14.5 Å². The summed E-state index contributed by atoms with van der Waals surface area (Å²) < 4.78 is 13.6. The van der Waals surface area contributed by atoms with E-state index in [1.165, 1.54) is 0 Å². The van der Waals surface area contributed by atoms with E-state index < -0.39 is 0 Å². The van der Waals surface area contributed by atoms with Crippen LogP contribution >= 0.6 is 0 Å². The maximum absolute atomic E-state index is 5.83. The van der Waals surface area contributed by atoms with E-state index in [1.807, 2.05) is 12.1 Å². The number of rotatable bonds is 4. The van der Waals surface area contributed by atoms with E-state index in [-0.39, 0.29) is 6.10 Å². The van der Waals surface area contributed by atoms with Crippen molar-refractivity contribution in [1.82, 2.24) is 24.6 Å². The molecule has 1 saturated heterocycles. The van der Waals surface area contributed by atoms with Crippen molar-refractivity contribution in [1.29, 1.82) is 0 Å². The van der Waals surface area contributed by atoms with E-state index in [2.05, 4.69) is 37.9 Å². The fourth-order valence-electron chi connectivity index (χ4n) is 4.21. The molecule has 0 amide bonds. The first-order valence-electron chi connectivity index (χ1n) is 10.0. The number of methoxy groups -OCH3 is 1. The van der Waals surface area contributed by atoms with E-state index >= 15 is 0 Å². The molecular weight excluding hydrogens is 354 g/mol. The molecule has 2 aromatic heterocycles. The van der Waals surface area contributed by atoms with Gasteiger partial charge in [-0.2, -0.15) is 0 Å². The molecule has 7 heteroatoms. The van der Waals surface area contributed by atoms with E-state index in [0.717, 1.165) is 86.0 Å². The van der Waals surface area contributed by atoms with Crippen LogP contribution in [0, 0.1) is 0 Å². The molecule has 1 atom stereocenters. The summed E-state index contributed by atoms with van der Waals surface area (Å²) in [5.41, 5.74) is 1.99. The van der Waals surface area contributed by atoms with Crippen LogP contribution in [0.15, 0.2) is 30.3 Å². The first-order valence-corrected chi connectivity index (χ1v) is 10.0. The van der Waals surface area contributed by atoms with Crippen molar-refractivity contribution in [3.63, 3.8) is 0 Å². The Morgan fingerprint density at radius 1 is 1.14 bits per heavy atom. The average molecular weight is 379 g/mol. The molecule has 4 heterocycles. The van der Waals surface area contributed by atoms with Crippen LogP contribution in [-0.4, -0.2) is 51.5 Å². The van der Waals surface area contributed by atoms with Gasteiger partial charge >= 0.3 is 0 Å². The lowest BCUT2D eigenvalue weighted by Gasteiger charge is -2.19. The largest absolute Gasteiger partial charge is 0.494 e. The Labute approximate surface area is 164 Å². The SMILES string of the molecule is COc1cccc2ccc(CN3CCc4nnc(C5CCCO5)n4CC3)nc12. The number of hydrogen-bond donors (Lipinski definition) is 0. The topological polar surface area (TPSA) is 65.3 Å². The molecule has 2 aliphatic rings. The number of nitrogens with zero attached hydrogens (tertiary/aromatic N) is 5.